The monoisotopic (exact) mass is 461 g/mol. The number of amides is 1. The number of halogens is 1. The van der Waals surface area contributed by atoms with Crippen molar-refractivity contribution in [2.75, 3.05) is 26.2 Å². The van der Waals surface area contributed by atoms with Crippen LogP contribution in [0, 0.1) is 13.8 Å². The predicted molar refractivity (Wildman–Crippen MR) is 118 cm³/mol. The van der Waals surface area contributed by atoms with E-state index in [2.05, 4.69) is 0 Å². The first kappa shape index (κ1) is 21.7. The summed E-state index contributed by atoms with van der Waals surface area (Å²) in [5.74, 6) is 0.729. The predicted octanol–water partition coefficient (Wildman–Crippen LogP) is 3.55. The van der Waals surface area contributed by atoms with Crippen LogP contribution in [0.5, 0.6) is 0 Å². The van der Waals surface area contributed by atoms with Crippen molar-refractivity contribution in [1.82, 2.24) is 13.8 Å². The molecule has 3 heterocycles. The normalized spacial score (nSPS) is 15.4. The number of aryl methyl sites for hydroxylation is 1. The van der Waals surface area contributed by atoms with Crippen LogP contribution in [0.3, 0.4) is 0 Å². The van der Waals surface area contributed by atoms with E-state index in [0.29, 0.717) is 25.2 Å². The van der Waals surface area contributed by atoms with Crippen LogP contribution < -0.4 is 0 Å². The zero-order valence-electron chi connectivity index (χ0n) is 17.4. The standard InChI is InChI=1S/C22H24ClN3O4S/c1-16-14-19(17(2)26(16)15-18-6-5-13-30-18)22(27)24-9-11-25(12-10-24)31(28,29)21-8-4-3-7-20(21)23/h3-8,13-14H,9-12,15H2,1-2H3. The molecule has 1 saturated heterocycles. The van der Waals surface area contributed by atoms with Crippen molar-refractivity contribution < 1.29 is 17.6 Å². The largest absolute Gasteiger partial charge is 0.467 e. The average Bonchev–Trinajstić information content (AvgIpc) is 3.37. The Balaban J connectivity index is 1.47. The molecule has 0 aliphatic carbocycles. The number of nitrogens with zero attached hydrogens (tertiary/aromatic N) is 3. The molecule has 3 aromatic rings. The summed E-state index contributed by atoms with van der Waals surface area (Å²) < 4.78 is 34.7. The maximum atomic E-state index is 13.2. The molecule has 0 unspecified atom stereocenters. The molecule has 4 rings (SSSR count). The second kappa shape index (κ2) is 8.53. The van der Waals surface area contributed by atoms with E-state index in [1.54, 1.807) is 29.4 Å². The summed E-state index contributed by atoms with van der Waals surface area (Å²) in [6.45, 7) is 5.54. The van der Waals surface area contributed by atoms with Crippen LogP contribution in [-0.4, -0.2) is 54.3 Å². The highest BCUT2D eigenvalue weighted by Gasteiger charge is 2.32. The van der Waals surface area contributed by atoms with Crippen LogP contribution >= 0.6 is 11.6 Å². The number of sulfonamides is 1. The Bertz CT molecular complexity index is 1190. The van der Waals surface area contributed by atoms with Gasteiger partial charge in [0, 0.05) is 37.6 Å². The lowest BCUT2D eigenvalue weighted by atomic mass is 10.2. The maximum absolute atomic E-state index is 13.2. The molecule has 0 spiro atoms. The molecule has 164 valence electrons. The molecular weight excluding hydrogens is 438 g/mol. The quantitative estimate of drug-likeness (QED) is 0.582. The third-order valence-electron chi connectivity index (χ3n) is 5.68. The first-order valence-corrected chi connectivity index (χ1v) is 11.8. The molecule has 1 amide bonds. The molecule has 0 radical (unpaired) electrons. The van der Waals surface area contributed by atoms with Gasteiger partial charge < -0.3 is 13.9 Å². The van der Waals surface area contributed by atoms with Gasteiger partial charge in [0.15, 0.2) is 0 Å². The highest BCUT2D eigenvalue weighted by molar-refractivity contribution is 7.89. The van der Waals surface area contributed by atoms with Gasteiger partial charge in [-0.15, -0.1) is 0 Å². The van der Waals surface area contributed by atoms with Gasteiger partial charge in [0.05, 0.1) is 23.4 Å². The van der Waals surface area contributed by atoms with Gasteiger partial charge >= 0.3 is 0 Å². The van der Waals surface area contributed by atoms with E-state index in [0.717, 1.165) is 17.1 Å². The van der Waals surface area contributed by atoms with Crippen molar-refractivity contribution in [3.05, 3.63) is 76.5 Å². The minimum atomic E-state index is -3.70. The molecule has 7 nitrogen and oxygen atoms in total. The van der Waals surface area contributed by atoms with Crippen LogP contribution in [0.25, 0.3) is 0 Å². The fraction of sp³-hybridized carbons (Fsp3) is 0.318. The van der Waals surface area contributed by atoms with Crippen LogP contribution in [0.15, 0.2) is 58.0 Å². The minimum Gasteiger partial charge on any atom is -0.467 e. The fourth-order valence-electron chi connectivity index (χ4n) is 3.91. The molecule has 1 aliphatic rings. The summed E-state index contributed by atoms with van der Waals surface area (Å²) >= 11 is 6.09. The summed E-state index contributed by atoms with van der Waals surface area (Å²) in [5.41, 5.74) is 2.47. The van der Waals surface area contributed by atoms with E-state index >= 15 is 0 Å². The molecule has 0 N–H and O–H groups in total. The number of hydrogen-bond acceptors (Lipinski definition) is 4. The molecule has 1 aliphatic heterocycles. The van der Waals surface area contributed by atoms with Crippen molar-refractivity contribution in [1.29, 1.82) is 0 Å². The van der Waals surface area contributed by atoms with Crippen molar-refractivity contribution in [3.63, 3.8) is 0 Å². The van der Waals surface area contributed by atoms with E-state index in [4.69, 9.17) is 16.0 Å². The van der Waals surface area contributed by atoms with Crippen LogP contribution in [0.1, 0.15) is 27.5 Å². The van der Waals surface area contributed by atoms with Gasteiger partial charge in [-0.1, -0.05) is 23.7 Å². The molecular formula is C22H24ClN3O4S. The van der Waals surface area contributed by atoms with E-state index in [1.807, 2.05) is 36.6 Å². The summed E-state index contributed by atoms with van der Waals surface area (Å²) in [5, 5.41) is 0.199. The molecule has 0 atom stereocenters. The Morgan fingerprint density at radius 1 is 1.06 bits per heavy atom. The molecule has 2 aromatic heterocycles. The third kappa shape index (κ3) is 4.15. The van der Waals surface area contributed by atoms with Gasteiger partial charge in [-0.25, -0.2) is 8.42 Å². The van der Waals surface area contributed by atoms with Crippen molar-refractivity contribution in [3.8, 4) is 0 Å². The molecule has 1 fully saturated rings. The second-order valence-corrected chi connectivity index (χ2v) is 9.89. The summed E-state index contributed by atoms with van der Waals surface area (Å²) in [7, 11) is -3.70. The van der Waals surface area contributed by atoms with Crippen molar-refractivity contribution >= 4 is 27.5 Å². The van der Waals surface area contributed by atoms with Gasteiger partial charge in [-0.3, -0.25) is 4.79 Å². The van der Waals surface area contributed by atoms with E-state index in [-0.39, 0.29) is 28.9 Å². The zero-order chi connectivity index (χ0) is 22.2. The molecule has 9 heteroatoms. The summed E-state index contributed by atoms with van der Waals surface area (Å²) in [4.78, 5) is 15.0. The van der Waals surface area contributed by atoms with Crippen LogP contribution in [0.2, 0.25) is 5.02 Å². The second-order valence-electron chi connectivity index (χ2n) is 7.58. The van der Waals surface area contributed by atoms with Gasteiger partial charge in [0.1, 0.15) is 10.7 Å². The number of hydrogen-bond donors (Lipinski definition) is 0. The molecule has 0 bridgehead atoms. The number of furan rings is 1. The molecule has 1 aromatic carbocycles. The Kier molecular flexibility index (Phi) is 5.96. The number of aromatic nitrogens is 1. The maximum Gasteiger partial charge on any atom is 0.255 e. The SMILES string of the molecule is Cc1cc(C(=O)N2CCN(S(=O)(=O)c3ccccc3Cl)CC2)c(C)n1Cc1ccco1. The van der Waals surface area contributed by atoms with Crippen molar-refractivity contribution in [2.45, 2.75) is 25.3 Å². The highest BCUT2D eigenvalue weighted by Crippen LogP contribution is 2.26. The van der Waals surface area contributed by atoms with Gasteiger partial charge in [0.2, 0.25) is 10.0 Å². The number of rotatable bonds is 5. The lowest BCUT2D eigenvalue weighted by Gasteiger charge is -2.34. The smallest absolute Gasteiger partial charge is 0.255 e. The Labute approximate surface area is 186 Å². The average molecular weight is 462 g/mol. The summed E-state index contributed by atoms with van der Waals surface area (Å²) in [6.07, 6.45) is 1.63. The van der Waals surface area contributed by atoms with Crippen LogP contribution in [0.4, 0.5) is 0 Å². The van der Waals surface area contributed by atoms with E-state index in [9.17, 15) is 13.2 Å². The minimum absolute atomic E-state index is 0.0893. The Hall–Kier alpha value is -2.55. The number of carbonyl (C=O) groups is 1. The topological polar surface area (TPSA) is 75.8 Å². The van der Waals surface area contributed by atoms with Crippen molar-refractivity contribution in [2.24, 2.45) is 0 Å². The van der Waals surface area contributed by atoms with Gasteiger partial charge in [0.25, 0.3) is 5.91 Å². The number of carbonyl (C=O) groups excluding carboxylic acids is 1. The molecule has 31 heavy (non-hydrogen) atoms. The first-order chi connectivity index (χ1) is 14.8. The van der Waals surface area contributed by atoms with Crippen LogP contribution in [-0.2, 0) is 16.6 Å². The zero-order valence-corrected chi connectivity index (χ0v) is 19.0. The van der Waals surface area contributed by atoms with Gasteiger partial charge in [-0.05, 0) is 44.2 Å². The lowest BCUT2D eigenvalue weighted by Crippen LogP contribution is -2.50. The summed E-state index contributed by atoms with van der Waals surface area (Å²) in [6, 6.07) is 12.0. The number of piperazine rings is 1. The Morgan fingerprint density at radius 2 is 1.77 bits per heavy atom. The van der Waals surface area contributed by atoms with Gasteiger partial charge in [-0.2, -0.15) is 4.31 Å². The number of benzene rings is 1. The Morgan fingerprint density at radius 3 is 2.42 bits per heavy atom. The van der Waals surface area contributed by atoms with E-state index < -0.39 is 10.0 Å². The molecule has 0 saturated carbocycles. The fourth-order valence-corrected chi connectivity index (χ4v) is 5.83. The lowest BCUT2D eigenvalue weighted by molar-refractivity contribution is 0.0697. The highest BCUT2D eigenvalue weighted by atomic mass is 35.5. The van der Waals surface area contributed by atoms with E-state index in [1.165, 1.54) is 10.4 Å². The third-order valence-corrected chi connectivity index (χ3v) is 8.08. The first-order valence-electron chi connectivity index (χ1n) is 10.0.